The van der Waals surface area contributed by atoms with Crippen LogP contribution >= 0.6 is 23.2 Å². The number of halogens is 2. The van der Waals surface area contributed by atoms with Crippen LogP contribution in [0.25, 0.3) is 0 Å². The molecule has 0 unspecified atom stereocenters. The van der Waals surface area contributed by atoms with Crippen LogP contribution in [0.3, 0.4) is 0 Å². The highest BCUT2D eigenvalue weighted by Gasteiger charge is 2.05. The van der Waals surface area contributed by atoms with Crippen molar-refractivity contribution in [1.29, 1.82) is 0 Å². The number of nitrogens with one attached hydrogen (secondary N) is 2. The summed E-state index contributed by atoms with van der Waals surface area (Å²) in [5.74, 6) is 0. The molecule has 7 heteroatoms. The van der Waals surface area contributed by atoms with Crippen LogP contribution in [-0.2, 0) is 0 Å². The maximum Gasteiger partial charge on any atom is 0.285 e. The summed E-state index contributed by atoms with van der Waals surface area (Å²) in [4.78, 5) is 11.3. The Morgan fingerprint density at radius 3 is 2.70 bits per heavy atom. The number of hydrazone groups is 1. The summed E-state index contributed by atoms with van der Waals surface area (Å²) in [5, 5.41) is 10.9. The first-order valence-electron chi connectivity index (χ1n) is 5.93. The second-order valence-electron chi connectivity index (χ2n) is 3.96. The number of H-pyrrole nitrogens is 1. The van der Waals surface area contributed by atoms with Crippen LogP contribution in [-0.4, -0.2) is 15.9 Å². The van der Waals surface area contributed by atoms with E-state index in [-0.39, 0.29) is 5.02 Å². The molecule has 2 N–H and O–H groups in total. The van der Waals surface area contributed by atoms with E-state index in [2.05, 4.69) is 20.7 Å². The Labute approximate surface area is 125 Å². The number of hydrogen-bond acceptors (Lipinski definition) is 4. The van der Waals surface area contributed by atoms with E-state index in [1.807, 2.05) is 19.1 Å². The van der Waals surface area contributed by atoms with Crippen LogP contribution in [0.5, 0.6) is 0 Å². The van der Waals surface area contributed by atoms with Crippen molar-refractivity contribution in [3.8, 4) is 0 Å². The van der Waals surface area contributed by atoms with Crippen molar-refractivity contribution in [2.45, 2.75) is 13.3 Å². The average molecular weight is 311 g/mol. The van der Waals surface area contributed by atoms with E-state index in [1.165, 1.54) is 6.20 Å². The van der Waals surface area contributed by atoms with E-state index in [1.54, 1.807) is 12.1 Å². The van der Waals surface area contributed by atoms with E-state index in [9.17, 15) is 4.79 Å². The molecule has 104 valence electrons. The minimum atomic E-state index is -0.462. The van der Waals surface area contributed by atoms with Gasteiger partial charge in [0.1, 0.15) is 10.7 Å². The minimum Gasteiger partial charge on any atom is -0.275 e. The van der Waals surface area contributed by atoms with Crippen molar-refractivity contribution >= 4 is 34.6 Å². The van der Waals surface area contributed by atoms with Crippen LogP contribution in [0, 0.1) is 0 Å². The highest BCUT2D eigenvalue weighted by atomic mass is 35.5. The standard InChI is InChI=1S/C13H12Cl2N4O/c1-2-10(8-3-5-9(14)6-4-8)17-18-11-7-16-19-13(20)12(11)15/h3-7H,2H2,1H3,(H2,18,19,20)/b17-10-. The lowest BCUT2D eigenvalue weighted by molar-refractivity contribution is 0.986. The number of nitrogens with zero attached hydrogens (tertiary/aromatic N) is 2. The van der Waals surface area contributed by atoms with Gasteiger partial charge < -0.3 is 0 Å². The molecule has 1 heterocycles. The Bertz CT molecular complexity index is 680. The number of hydrogen-bond donors (Lipinski definition) is 2. The van der Waals surface area contributed by atoms with Crippen LogP contribution < -0.4 is 11.0 Å². The average Bonchev–Trinajstić information content (AvgIpc) is 2.45. The van der Waals surface area contributed by atoms with E-state index in [4.69, 9.17) is 23.2 Å². The monoisotopic (exact) mass is 310 g/mol. The fraction of sp³-hybridized carbons (Fsp3) is 0.154. The third-order valence-corrected chi connectivity index (χ3v) is 3.25. The highest BCUT2D eigenvalue weighted by Crippen LogP contribution is 2.16. The van der Waals surface area contributed by atoms with Crippen LogP contribution in [0.1, 0.15) is 18.9 Å². The first-order chi connectivity index (χ1) is 9.61. The number of aromatic amines is 1. The first kappa shape index (κ1) is 14.6. The van der Waals surface area contributed by atoms with Gasteiger partial charge in [0.05, 0.1) is 11.9 Å². The molecular formula is C13H12Cl2N4O. The zero-order valence-corrected chi connectivity index (χ0v) is 12.2. The van der Waals surface area contributed by atoms with E-state index in [0.717, 1.165) is 11.3 Å². The van der Waals surface area contributed by atoms with E-state index >= 15 is 0 Å². The molecule has 1 aromatic heterocycles. The van der Waals surface area contributed by atoms with Crippen molar-refractivity contribution in [2.75, 3.05) is 5.43 Å². The number of anilines is 1. The van der Waals surface area contributed by atoms with Crippen molar-refractivity contribution in [2.24, 2.45) is 5.10 Å². The zero-order chi connectivity index (χ0) is 14.5. The Hall–Kier alpha value is -1.85. The molecule has 2 aromatic rings. The lowest BCUT2D eigenvalue weighted by atomic mass is 10.1. The summed E-state index contributed by atoms with van der Waals surface area (Å²) in [7, 11) is 0. The quantitative estimate of drug-likeness (QED) is 0.672. The molecule has 20 heavy (non-hydrogen) atoms. The van der Waals surface area contributed by atoms with Gasteiger partial charge in [-0.25, -0.2) is 5.10 Å². The third-order valence-electron chi connectivity index (χ3n) is 2.62. The smallest absolute Gasteiger partial charge is 0.275 e. The van der Waals surface area contributed by atoms with E-state index < -0.39 is 5.56 Å². The molecule has 0 aliphatic heterocycles. The summed E-state index contributed by atoms with van der Waals surface area (Å²) in [5.41, 5.74) is 4.41. The topological polar surface area (TPSA) is 70.1 Å². The third kappa shape index (κ3) is 3.37. The van der Waals surface area contributed by atoms with Gasteiger partial charge in [-0.15, -0.1) is 0 Å². The fourth-order valence-electron chi connectivity index (χ4n) is 1.58. The SMILES string of the molecule is CC/C(=N/Nc1cn[nH]c(=O)c1Cl)c1ccc(Cl)cc1. The summed E-state index contributed by atoms with van der Waals surface area (Å²) in [6.45, 7) is 1.98. The van der Waals surface area contributed by atoms with Gasteiger partial charge in [-0.3, -0.25) is 10.2 Å². The van der Waals surface area contributed by atoms with E-state index in [0.29, 0.717) is 17.1 Å². The van der Waals surface area contributed by atoms with Gasteiger partial charge in [0.25, 0.3) is 5.56 Å². The van der Waals surface area contributed by atoms with Gasteiger partial charge in [0.15, 0.2) is 0 Å². The molecule has 0 amide bonds. The predicted octanol–water partition coefficient (Wildman–Crippen LogP) is 3.30. The molecule has 0 aliphatic rings. The highest BCUT2D eigenvalue weighted by molar-refractivity contribution is 6.33. The lowest BCUT2D eigenvalue weighted by Gasteiger charge is -2.06. The lowest BCUT2D eigenvalue weighted by Crippen LogP contribution is -2.11. The van der Waals surface area contributed by atoms with Crippen LogP contribution in [0.2, 0.25) is 10.0 Å². The van der Waals surface area contributed by atoms with Gasteiger partial charge in [-0.05, 0) is 24.1 Å². The van der Waals surface area contributed by atoms with Crippen molar-refractivity contribution in [1.82, 2.24) is 10.2 Å². The second-order valence-corrected chi connectivity index (χ2v) is 4.77. The molecule has 0 spiro atoms. The van der Waals surface area contributed by atoms with Gasteiger partial charge in [0.2, 0.25) is 0 Å². The van der Waals surface area contributed by atoms with Gasteiger partial charge in [-0.1, -0.05) is 42.3 Å². The van der Waals surface area contributed by atoms with Crippen LogP contribution in [0.4, 0.5) is 5.69 Å². The molecule has 0 atom stereocenters. The molecule has 1 aromatic carbocycles. The number of rotatable bonds is 4. The molecule has 5 nitrogen and oxygen atoms in total. The van der Waals surface area contributed by atoms with Crippen molar-refractivity contribution in [3.05, 3.63) is 56.4 Å². The Morgan fingerprint density at radius 2 is 2.05 bits per heavy atom. The fourth-order valence-corrected chi connectivity index (χ4v) is 1.84. The normalized spacial score (nSPS) is 11.4. The second kappa shape index (κ2) is 6.54. The summed E-state index contributed by atoms with van der Waals surface area (Å²) >= 11 is 11.7. The molecule has 0 fully saturated rings. The molecule has 0 radical (unpaired) electrons. The summed E-state index contributed by atoms with van der Waals surface area (Å²) in [6.07, 6.45) is 2.12. The number of aromatic nitrogens is 2. The van der Waals surface area contributed by atoms with Crippen LogP contribution in [0.15, 0.2) is 40.4 Å². The maximum absolute atomic E-state index is 11.3. The van der Waals surface area contributed by atoms with Gasteiger partial charge in [0, 0.05) is 5.02 Å². The Balaban J connectivity index is 2.26. The van der Waals surface area contributed by atoms with Gasteiger partial charge >= 0.3 is 0 Å². The Morgan fingerprint density at radius 1 is 1.35 bits per heavy atom. The number of benzene rings is 1. The molecule has 0 aliphatic carbocycles. The van der Waals surface area contributed by atoms with Gasteiger partial charge in [-0.2, -0.15) is 10.2 Å². The summed E-state index contributed by atoms with van der Waals surface area (Å²) < 4.78 is 0. The molecule has 0 saturated carbocycles. The minimum absolute atomic E-state index is 0.0234. The van der Waals surface area contributed by atoms with Crippen molar-refractivity contribution in [3.63, 3.8) is 0 Å². The zero-order valence-electron chi connectivity index (χ0n) is 10.7. The first-order valence-corrected chi connectivity index (χ1v) is 6.69. The molecule has 0 saturated heterocycles. The largest absolute Gasteiger partial charge is 0.285 e. The molecule has 0 bridgehead atoms. The maximum atomic E-state index is 11.3. The Kier molecular flexibility index (Phi) is 4.76. The predicted molar refractivity (Wildman–Crippen MR) is 81.8 cm³/mol. The molecule has 2 rings (SSSR count). The molecular weight excluding hydrogens is 299 g/mol. The summed E-state index contributed by atoms with van der Waals surface area (Å²) in [6, 6.07) is 7.35. The van der Waals surface area contributed by atoms with Crippen molar-refractivity contribution < 1.29 is 0 Å².